The van der Waals surface area contributed by atoms with Gasteiger partial charge in [-0.15, -0.1) is 12.4 Å². The number of ether oxygens (including phenoxy) is 2. The van der Waals surface area contributed by atoms with Crippen molar-refractivity contribution in [3.05, 3.63) is 23.8 Å². The average Bonchev–Trinajstić information content (AvgIpc) is 2.33. The third-order valence-electron chi connectivity index (χ3n) is 2.56. The molecule has 2 atom stereocenters. The Morgan fingerprint density at radius 3 is 2.44 bits per heavy atom. The van der Waals surface area contributed by atoms with Crippen molar-refractivity contribution in [3.63, 3.8) is 0 Å². The molecule has 90 valence electrons. The van der Waals surface area contributed by atoms with Crippen molar-refractivity contribution >= 4 is 12.4 Å². The fourth-order valence-electron chi connectivity index (χ4n) is 1.87. The molecule has 0 amide bonds. The first-order chi connectivity index (χ1) is 7.19. The van der Waals surface area contributed by atoms with Crippen LogP contribution in [0.4, 0.5) is 0 Å². The number of hydrogen-bond acceptors (Lipinski definition) is 3. The smallest absolute Gasteiger partial charge is 0.161 e. The maximum atomic E-state index is 5.79. The molecule has 0 spiro atoms. The van der Waals surface area contributed by atoms with Gasteiger partial charge in [-0.3, -0.25) is 0 Å². The summed E-state index contributed by atoms with van der Waals surface area (Å²) >= 11 is 0. The lowest BCUT2D eigenvalue weighted by molar-refractivity contribution is 0.168. The van der Waals surface area contributed by atoms with Crippen LogP contribution in [0.15, 0.2) is 18.2 Å². The molecule has 0 bridgehead atoms. The fourth-order valence-corrected chi connectivity index (χ4v) is 1.87. The molecule has 1 aliphatic heterocycles. The highest BCUT2D eigenvalue weighted by atomic mass is 35.5. The molecule has 2 rings (SSSR count). The summed E-state index contributed by atoms with van der Waals surface area (Å²) in [6.45, 7) is 4.65. The number of rotatable bonds is 1. The Morgan fingerprint density at radius 2 is 1.81 bits per heavy atom. The molecule has 3 nitrogen and oxygen atoms in total. The summed E-state index contributed by atoms with van der Waals surface area (Å²) in [5.74, 6) is 1.64. The Morgan fingerprint density at radius 1 is 1.19 bits per heavy atom. The first-order valence-corrected chi connectivity index (χ1v) is 5.35. The molecule has 0 aliphatic carbocycles. The van der Waals surface area contributed by atoms with Gasteiger partial charge in [0.1, 0.15) is 0 Å². The molecular weight excluding hydrogens is 226 g/mol. The Labute approximate surface area is 102 Å². The zero-order chi connectivity index (χ0) is 10.8. The lowest BCUT2D eigenvalue weighted by Crippen LogP contribution is -2.18. The first kappa shape index (κ1) is 13.1. The van der Waals surface area contributed by atoms with Gasteiger partial charge in [-0.2, -0.15) is 0 Å². The highest BCUT2D eigenvalue weighted by Crippen LogP contribution is 2.33. The third kappa shape index (κ3) is 2.80. The van der Waals surface area contributed by atoms with Crippen molar-refractivity contribution in [1.29, 1.82) is 0 Å². The minimum atomic E-state index is 0. The number of halogens is 1. The van der Waals surface area contributed by atoms with Crippen molar-refractivity contribution in [2.24, 2.45) is 5.73 Å². The van der Waals surface area contributed by atoms with Gasteiger partial charge in [0.05, 0.1) is 12.2 Å². The molecule has 0 radical (unpaired) electrons. The molecule has 0 aromatic heterocycles. The van der Waals surface area contributed by atoms with Crippen molar-refractivity contribution in [1.82, 2.24) is 0 Å². The van der Waals surface area contributed by atoms with E-state index < -0.39 is 0 Å². The van der Waals surface area contributed by atoms with Gasteiger partial charge in [-0.05, 0) is 31.5 Å². The van der Waals surface area contributed by atoms with E-state index in [1.807, 2.05) is 18.2 Å². The summed E-state index contributed by atoms with van der Waals surface area (Å²) in [6.07, 6.45) is 1.30. The average molecular weight is 244 g/mol. The molecule has 2 unspecified atom stereocenters. The van der Waals surface area contributed by atoms with Crippen LogP contribution < -0.4 is 15.2 Å². The Balaban J connectivity index is 0.00000128. The molecule has 4 heteroatoms. The second kappa shape index (κ2) is 5.41. The predicted molar refractivity (Wildman–Crippen MR) is 66.4 cm³/mol. The molecule has 1 aliphatic rings. The maximum Gasteiger partial charge on any atom is 0.161 e. The molecular formula is C12H18ClNO2. The largest absolute Gasteiger partial charge is 0.487 e. The normalized spacial score (nSPS) is 23.2. The number of nitrogens with two attached hydrogens (primary N) is 1. The minimum absolute atomic E-state index is 0. The van der Waals surface area contributed by atoms with Gasteiger partial charge in [0.25, 0.3) is 0 Å². The van der Waals surface area contributed by atoms with E-state index in [9.17, 15) is 0 Å². The summed E-state index contributed by atoms with van der Waals surface area (Å²) < 4.78 is 11.5. The van der Waals surface area contributed by atoms with Crippen molar-refractivity contribution < 1.29 is 9.47 Å². The van der Waals surface area contributed by atoms with E-state index in [4.69, 9.17) is 15.2 Å². The monoisotopic (exact) mass is 243 g/mol. The maximum absolute atomic E-state index is 5.79. The van der Waals surface area contributed by atoms with Crippen molar-refractivity contribution in [2.75, 3.05) is 0 Å². The van der Waals surface area contributed by atoms with E-state index >= 15 is 0 Å². The molecule has 0 saturated heterocycles. The Bertz CT molecular complexity index is 357. The lowest BCUT2D eigenvalue weighted by atomic mass is 10.2. The molecule has 1 aromatic carbocycles. The Kier molecular flexibility index (Phi) is 4.44. The summed E-state index contributed by atoms with van der Waals surface area (Å²) in [7, 11) is 0. The van der Waals surface area contributed by atoms with Crippen LogP contribution in [0.25, 0.3) is 0 Å². The van der Waals surface area contributed by atoms with Gasteiger partial charge in [-0.25, -0.2) is 0 Å². The van der Waals surface area contributed by atoms with Gasteiger partial charge in [0, 0.05) is 13.0 Å². The minimum Gasteiger partial charge on any atom is -0.487 e. The molecule has 16 heavy (non-hydrogen) atoms. The number of hydrogen-bond donors (Lipinski definition) is 1. The van der Waals surface area contributed by atoms with Crippen LogP contribution in [0.5, 0.6) is 11.5 Å². The molecule has 2 N–H and O–H groups in total. The van der Waals surface area contributed by atoms with Gasteiger partial charge < -0.3 is 15.2 Å². The van der Waals surface area contributed by atoms with Crippen LogP contribution in [0.1, 0.15) is 25.8 Å². The van der Waals surface area contributed by atoms with Gasteiger partial charge in [0.15, 0.2) is 11.5 Å². The van der Waals surface area contributed by atoms with Gasteiger partial charge >= 0.3 is 0 Å². The van der Waals surface area contributed by atoms with E-state index in [0.29, 0.717) is 6.54 Å². The second-order valence-electron chi connectivity index (χ2n) is 4.08. The van der Waals surface area contributed by atoms with Crippen LogP contribution in [-0.4, -0.2) is 12.2 Å². The molecule has 1 aromatic rings. The summed E-state index contributed by atoms with van der Waals surface area (Å²) in [6, 6.07) is 5.88. The van der Waals surface area contributed by atoms with Crippen LogP contribution in [0.2, 0.25) is 0 Å². The van der Waals surface area contributed by atoms with Crippen LogP contribution in [0, 0.1) is 0 Å². The molecule has 0 fully saturated rings. The highest BCUT2D eigenvalue weighted by molar-refractivity contribution is 5.85. The van der Waals surface area contributed by atoms with E-state index in [2.05, 4.69) is 13.8 Å². The third-order valence-corrected chi connectivity index (χ3v) is 2.56. The van der Waals surface area contributed by atoms with E-state index in [-0.39, 0.29) is 24.6 Å². The van der Waals surface area contributed by atoms with Gasteiger partial charge in [0.2, 0.25) is 0 Å². The fraction of sp³-hybridized carbons (Fsp3) is 0.500. The van der Waals surface area contributed by atoms with Crippen molar-refractivity contribution in [3.8, 4) is 11.5 Å². The first-order valence-electron chi connectivity index (χ1n) is 5.35. The van der Waals surface area contributed by atoms with E-state index in [1.165, 1.54) is 0 Å². The predicted octanol–water partition coefficient (Wildman–Crippen LogP) is 2.51. The summed E-state index contributed by atoms with van der Waals surface area (Å²) in [5.41, 5.74) is 6.66. The quantitative estimate of drug-likeness (QED) is 0.824. The van der Waals surface area contributed by atoms with Crippen LogP contribution in [-0.2, 0) is 6.54 Å². The molecule has 1 heterocycles. The molecule has 0 saturated carbocycles. The highest BCUT2D eigenvalue weighted by Gasteiger charge is 2.20. The number of benzene rings is 1. The zero-order valence-corrected chi connectivity index (χ0v) is 10.4. The Hall–Kier alpha value is -0.930. The summed E-state index contributed by atoms with van der Waals surface area (Å²) in [5, 5.41) is 0. The lowest BCUT2D eigenvalue weighted by Gasteiger charge is -2.11. The van der Waals surface area contributed by atoms with Crippen LogP contribution >= 0.6 is 12.4 Å². The SMILES string of the molecule is CC1CC(C)Oc2cc(CN)ccc2O1.Cl. The van der Waals surface area contributed by atoms with Crippen molar-refractivity contribution in [2.45, 2.75) is 39.0 Å². The van der Waals surface area contributed by atoms with E-state index in [1.54, 1.807) is 0 Å². The van der Waals surface area contributed by atoms with Gasteiger partial charge in [-0.1, -0.05) is 6.07 Å². The standard InChI is InChI=1S/C12H17NO2.ClH/c1-8-5-9(2)15-12-6-10(7-13)3-4-11(12)14-8;/h3-4,6,8-9H,5,7,13H2,1-2H3;1H. The topological polar surface area (TPSA) is 44.5 Å². The zero-order valence-electron chi connectivity index (χ0n) is 9.60. The van der Waals surface area contributed by atoms with Crippen LogP contribution in [0.3, 0.4) is 0 Å². The van der Waals surface area contributed by atoms with E-state index in [0.717, 1.165) is 23.5 Å². The summed E-state index contributed by atoms with van der Waals surface area (Å²) in [4.78, 5) is 0. The second-order valence-corrected chi connectivity index (χ2v) is 4.08. The number of fused-ring (bicyclic) bond motifs is 1.